The molecule has 5 nitrogen and oxygen atoms in total. The normalized spacial score (nSPS) is 24.8. The summed E-state index contributed by atoms with van der Waals surface area (Å²) in [4.78, 5) is 18.2. The van der Waals surface area contributed by atoms with Crippen molar-refractivity contribution in [1.29, 1.82) is 0 Å². The topological polar surface area (TPSA) is 50.3 Å². The van der Waals surface area contributed by atoms with Crippen LogP contribution in [-0.2, 0) is 4.74 Å². The average molecular weight is 394 g/mol. The lowest BCUT2D eigenvalue weighted by molar-refractivity contribution is 0.00796. The molecule has 0 spiro atoms. The van der Waals surface area contributed by atoms with E-state index < -0.39 is 0 Å². The van der Waals surface area contributed by atoms with Crippen molar-refractivity contribution in [1.82, 2.24) is 14.5 Å². The molecule has 0 bridgehead atoms. The van der Waals surface area contributed by atoms with Crippen molar-refractivity contribution >= 4 is 23.4 Å². The van der Waals surface area contributed by atoms with Crippen LogP contribution in [0.1, 0.15) is 57.1 Å². The maximum absolute atomic E-state index is 12.5. The number of aromatic nitrogens is 2. The summed E-state index contributed by atoms with van der Waals surface area (Å²) in [5, 5.41) is 0. The molecule has 1 aromatic heterocycles. The van der Waals surface area contributed by atoms with Gasteiger partial charge in [0.1, 0.15) is 0 Å². The van der Waals surface area contributed by atoms with Gasteiger partial charge in [0.05, 0.1) is 17.1 Å². The van der Waals surface area contributed by atoms with Crippen LogP contribution in [0.15, 0.2) is 23.0 Å². The van der Waals surface area contributed by atoms with E-state index in [4.69, 9.17) is 4.74 Å². The monoisotopic (exact) mass is 393 g/mol. The molecule has 1 aromatic carbocycles. The number of nitrogens with one attached hydrogen (secondary N) is 1. The van der Waals surface area contributed by atoms with Gasteiger partial charge < -0.3 is 14.6 Å². The summed E-state index contributed by atoms with van der Waals surface area (Å²) < 4.78 is 7.79. The molecule has 1 aliphatic heterocycles. The molecule has 150 valence electrons. The number of ether oxygens (including phenoxy) is 1. The van der Waals surface area contributed by atoms with Gasteiger partial charge in [-0.2, -0.15) is 0 Å². The molecule has 2 heterocycles. The van der Waals surface area contributed by atoms with Crippen LogP contribution in [0.3, 0.4) is 0 Å². The van der Waals surface area contributed by atoms with Crippen molar-refractivity contribution in [2.75, 3.05) is 19.7 Å². The first-order valence-corrected chi connectivity index (χ1v) is 10.2. The molecule has 2 fully saturated rings. The number of fused-ring (bicyclic) bond motifs is 1. The quantitative estimate of drug-likeness (QED) is 0.852. The first kappa shape index (κ1) is 20.4. The van der Waals surface area contributed by atoms with Gasteiger partial charge in [0.25, 0.3) is 0 Å². The average Bonchev–Trinajstić information content (AvgIpc) is 2.98. The van der Waals surface area contributed by atoms with Crippen molar-refractivity contribution < 1.29 is 4.74 Å². The number of likely N-dealkylation sites (tertiary alicyclic amines) is 1. The standard InChI is InChI=1S/C21H31N3O2.ClH/c1-3-26-18-7-5-16(6-8-18)23-12-10-17(11-13-23)24-20-14-15(2)4-9-19(20)22-21(24)25;/h4,9,14,16-18H,3,5-8,10-13H2,1-2H3,(H,22,25);1H/t16-,18+;. The van der Waals surface area contributed by atoms with E-state index in [9.17, 15) is 4.79 Å². The third kappa shape index (κ3) is 4.25. The Morgan fingerprint density at radius 2 is 1.78 bits per heavy atom. The summed E-state index contributed by atoms with van der Waals surface area (Å²) in [7, 11) is 0. The maximum Gasteiger partial charge on any atom is 0.326 e. The molecule has 4 rings (SSSR count). The van der Waals surface area contributed by atoms with Crippen LogP contribution in [0.5, 0.6) is 0 Å². The lowest BCUT2D eigenvalue weighted by atomic mass is 9.90. The van der Waals surface area contributed by atoms with Gasteiger partial charge in [0, 0.05) is 31.8 Å². The maximum atomic E-state index is 12.5. The number of halogens is 1. The Bertz CT molecular complexity index is 799. The number of imidazole rings is 1. The summed E-state index contributed by atoms with van der Waals surface area (Å²) in [5.41, 5.74) is 3.26. The van der Waals surface area contributed by atoms with Gasteiger partial charge in [-0.25, -0.2) is 4.79 Å². The fourth-order valence-electron chi connectivity index (χ4n) is 4.92. The summed E-state index contributed by atoms with van der Waals surface area (Å²) in [6.45, 7) is 7.20. The second-order valence-corrected chi connectivity index (χ2v) is 7.97. The van der Waals surface area contributed by atoms with E-state index in [1.54, 1.807) is 0 Å². The second-order valence-electron chi connectivity index (χ2n) is 7.97. The predicted molar refractivity (Wildman–Crippen MR) is 112 cm³/mol. The van der Waals surface area contributed by atoms with Crippen LogP contribution >= 0.6 is 12.4 Å². The van der Waals surface area contributed by atoms with Crippen LogP contribution < -0.4 is 5.69 Å². The van der Waals surface area contributed by atoms with E-state index in [0.717, 1.165) is 43.6 Å². The highest BCUT2D eigenvalue weighted by atomic mass is 35.5. The third-order valence-electron chi connectivity index (χ3n) is 6.30. The Morgan fingerprint density at radius 1 is 1.07 bits per heavy atom. The molecule has 6 heteroatoms. The van der Waals surface area contributed by atoms with Gasteiger partial charge in [-0.1, -0.05) is 6.07 Å². The Balaban J connectivity index is 0.00000210. The molecule has 2 aromatic rings. The highest BCUT2D eigenvalue weighted by molar-refractivity contribution is 5.85. The third-order valence-corrected chi connectivity index (χ3v) is 6.30. The van der Waals surface area contributed by atoms with Crippen LogP contribution in [0.25, 0.3) is 11.0 Å². The van der Waals surface area contributed by atoms with Crippen molar-refractivity contribution in [3.8, 4) is 0 Å². The molecule has 0 amide bonds. The predicted octanol–water partition coefficient (Wildman–Crippen LogP) is 4.04. The summed E-state index contributed by atoms with van der Waals surface area (Å²) >= 11 is 0. The van der Waals surface area contributed by atoms with Gasteiger partial charge in [-0.15, -0.1) is 12.4 Å². The lowest BCUT2D eigenvalue weighted by Crippen LogP contribution is -2.45. The zero-order valence-electron chi connectivity index (χ0n) is 16.4. The Labute approximate surface area is 167 Å². The lowest BCUT2D eigenvalue weighted by Gasteiger charge is -2.40. The van der Waals surface area contributed by atoms with Crippen molar-refractivity contribution in [2.45, 2.75) is 70.6 Å². The number of nitrogens with zero attached hydrogens (tertiary/aromatic N) is 2. The number of benzene rings is 1. The number of aryl methyl sites for hydroxylation is 1. The molecule has 0 unspecified atom stereocenters. The minimum Gasteiger partial charge on any atom is -0.379 e. The molecular formula is C21H32ClN3O2. The van der Waals surface area contributed by atoms with E-state index in [0.29, 0.717) is 18.2 Å². The van der Waals surface area contributed by atoms with Crippen molar-refractivity contribution in [3.05, 3.63) is 34.2 Å². The van der Waals surface area contributed by atoms with E-state index >= 15 is 0 Å². The van der Waals surface area contributed by atoms with Gasteiger partial charge >= 0.3 is 5.69 Å². The van der Waals surface area contributed by atoms with E-state index in [-0.39, 0.29) is 18.1 Å². The number of H-pyrrole nitrogens is 1. The Hall–Kier alpha value is -1.30. The molecule has 2 aliphatic rings. The Kier molecular flexibility index (Phi) is 6.66. The smallest absolute Gasteiger partial charge is 0.326 e. The number of hydrogen-bond acceptors (Lipinski definition) is 3. The fourth-order valence-corrected chi connectivity index (χ4v) is 4.92. The largest absolute Gasteiger partial charge is 0.379 e. The van der Waals surface area contributed by atoms with Gasteiger partial charge in [-0.3, -0.25) is 4.57 Å². The van der Waals surface area contributed by atoms with Crippen LogP contribution in [0.4, 0.5) is 0 Å². The van der Waals surface area contributed by atoms with Crippen LogP contribution in [-0.4, -0.2) is 46.3 Å². The molecular weight excluding hydrogens is 362 g/mol. The highest BCUT2D eigenvalue weighted by Crippen LogP contribution is 2.31. The zero-order chi connectivity index (χ0) is 18.1. The summed E-state index contributed by atoms with van der Waals surface area (Å²) in [6.07, 6.45) is 7.49. The van der Waals surface area contributed by atoms with Gasteiger partial charge in [0.2, 0.25) is 0 Å². The molecule has 0 radical (unpaired) electrons. The zero-order valence-corrected chi connectivity index (χ0v) is 17.3. The first-order valence-electron chi connectivity index (χ1n) is 10.2. The van der Waals surface area contributed by atoms with E-state index in [2.05, 4.69) is 35.9 Å². The minimum atomic E-state index is 0. The Morgan fingerprint density at radius 3 is 2.44 bits per heavy atom. The fraction of sp³-hybridized carbons (Fsp3) is 0.667. The molecule has 1 N–H and O–H groups in total. The second kappa shape index (κ2) is 8.80. The molecule has 0 atom stereocenters. The minimum absolute atomic E-state index is 0. The van der Waals surface area contributed by atoms with Crippen molar-refractivity contribution in [2.24, 2.45) is 0 Å². The first-order chi connectivity index (χ1) is 12.7. The van der Waals surface area contributed by atoms with Crippen molar-refractivity contribution in [3.63, 3.8) is 0 Å². The van der Waals surface area contributed by atoms with E-state index in [1.807, 2.05) is 10.6 Å². The SMILES string of the molecule is CCO[C@H]1CC[C@@H](N2CCC(n3c(=O)[nH]c4ccc(C)cc43)CC2)CC1.Cl. The summed E-state index contributed by atoms with van der Waals surface area (Å²) in [5.74, 6) is 0. The number of hydrogen-bond donors (Lipinski definition) is 1. The molecule has 1 saturated carbocycles. The van der Waals surface area contributed by atoms with Crippen LogP contribution in [0.2, 0.25) is 0 Å². The van der Waals surface area contributed by atoms with E-state index in [1.165, 1.54) is 31.2 Å². The number of rotatable bonds is 4. The highest BCUT2D eigenvalue weighted by Gasteiger charge is 2.30. The molecule has 27 heavy (non-hydrogen) atoms. The van der Waals surface area contributed by atoms with Crippen LogP contribution in [0, 0.1) is 6.92 Å². The van der Waals surface area contributed by atoms with Gasteiger partial charge in [-0.05, 0) is 70.1 Å². The molecule has 1 aliphatic carbocycles. The summed E-state index contributed by atoms with van der Waals surface area (Å²) in [6, 6.07) is 7.23. The van der Waals surface area contributed by atoms with Gasteiger partial charge in [0.15, 0.2) is 0 Å². The number of piperidine rings is 1. The molecule has 1 saturated heterocycles. The number of aromatic amines is 1.